The number of nitrogens with zero attached hydrogens (tertiary/aromatic N) is 6. The second-order valence-corrected chi connectivity index (χ2v) is 9.48. The maximum absolute atomic E-state index is 12.2. The highest BCUT2D eigenvalue weighted by Gasteiger charge is 2.33. The molecule has 1 saturated heterocycles. The van der Waals surface area contributed by atoms with Gasteiger partial charge in [-0.05, 0) is 52.8 Å². The van der Waals surface area contributed by atoms with Gasteiger partial charge in [0.15, 0.2) is 0 Å². The molecular weight excluding hydrogens is 446 g/mol. The van der Waals surface area contributed by atoms with Crippen molar-refractivity contribution >= 4 is 23.2 Å². The quantitative estimate of drug-likeness (QED) is 0.329. The van der Waals surface area contributed by atoms with Crippen LogP contribution in [0.25, 0.3) is 5.65 Å². The van der Waals surface area contributed by atoms with Gasteiger partial charge in [-0.2, -0.15) is 5.10 Å². The van der Waals surface area contributed by atoms with Gasteiger partial charge in [0.2, 0.25) is 5.88 Å². The number of pyridine rings is 2. The van der Waals surface area contributed by atoms with Crippen LogP contribution in [0, 0.1) is 0 Å². The second-order valence-electron chi connectivity index (χ2n) is 9.48. The molecule has 4 heterocycles. The molecule has 1 atom stereocenters. The van der Waals surface area contributed by atoms with Crippen molar-refractivity contribution in [2.45, 2.75) is 52.4 Å². The Labute approximate surface area is 204 Å². The summed E-state index contributed by atoms with van der Waals surface area (Å²) in [5.41, 5.74) is 2.91. The predicted molar refractivity (Wildman–Crippen MR) is 134 cm³/mol. The van der Waals surface area contributed by atoms with Gasteiger partial charge in [-0.15, -0.1) is 0 Å². The van der Waals surface area contributed by atoms with Gasteiger partial charge in [-0.25, -0.2) is 9.78 Å². The highest BCUT2D eigenvalue weighted by atomic mass is 16.6. The molecule has 0 bridgehead atoms. The molecule has 3 aromatic heterocycles. The molecule has 3 aromatic rings. The van der Waals surface area contributed by atoms with Crippen molar-refractivity contribution < 1.29 is 14.3 Å². The van der Waals surface area contributed by atoms with E-state index >= 15 is 0 Å². The fraction of sp³-hybridized carbons (Fsp3) is 0.400. The lowest BCUT2D eigenvalue weighted by Crippen LogP contribution is -2.54. The summed E-state index contributed by atoms with van der Waals surface area (Å²) in [5, 5.41) is 4.02. The Morgan fingerprint density at radius 3 is 2.63 bits per heavy atom. The first-order valence-electron chi connectivity index (χ1n) is 11.5. The minimum Gasteiger partial charge on any atom is -0.469 e. The van der Waals surface area contributed by atoms with E-state index in [9.17, 15) is 4.79 Å². The Bertz CT molecular complexity index is 1260. The van der Waals surface area contributed by atoms with Crippen molar-refractivity contribution in [1.29, 1.82) is 0 Å². The molecule has 1 amide bonds. The number of amides is 1. The Hall–Kier alpha value is -3.95. The maximum atomic E-state index is 12.2. The lowest BCUT2D eigenvalue weighted by atomic mass is 10.1. The number of hydrogen-bond donors (Lipinski definition) is 1. The number of carbonyl (C=O) groups excluding carboxylic acids is 1. The molecule has 10 heteroatoms. The summed E-state index contributed by atoms with van der Waals surface area (Å²) in [4.78, 5) is 27.4. The second kappa shape index (κ2) is 9.73. The number of hydrazone groups is 1. The molecular formula is C25H31N7O3. The van der Waals surface area contributed by atoms with E-state index in [1.165, 1.54) is 0 Å². The van der Waals surface area contributed by atoms with Gasteiger partial charge in [0.25, 0.3) is 0 Å². The van der Waals surface area contributed by atoms with Crippen LogP contribution in [0.5, 0.6) is 5.88 Å². The molecule has 1 fully saturated rings. The van der Waals surface area contributed by atoms with E-state index in [0.29, 0.717) is 36.0 Å². The number of rotatable bonds is 6. The van der Waals surface area contributed by atoms with Crippen LogP contribution in [-0.4, -0.2) is 61.5 Å². The number of ether oxygens (including phenoxy) is 2. The van der Waals surface area contributed by atoms with Crippen molar-refractivity contribution in [3.8, 4) is 5.88 Å². The first kappa shape index (κ1) is 24.2. The van der Waals surface area contributed by atoms with E-state index in [1.54, 1.807) is 17.3 Å². The predicted octanol–water partition coefficient (Wildman–Crippen LogP) is 3.61. The number of fused-ring (bicyclic) bond motifs is 1. The molecule has 0 spiro atoms. The van der Waals surface area contributed by atoms with Crippen molar-refractivity contribution in [2.75, 3.05) is 13.1 Å². The zero-order chi connectivity index (χ0) is 25.2. The zero-order valence-electron chi connectivity index (χ0n) is 20.7. The number of aliphatic imine (C=N–C) groups is 1. The summed E-state index contributed by atoms with van der Waals surface area (Å²) in [6.45, 7) is 10.3. The summed E-state index contributed by atoms with van der Waals surface area (Å²) < 4.78 is 13.5. The molecule has 0 radical (unpaired) electrons. The molecule has 0 aliphatic carbocycles. The molecule has 1 unspecified atom stereocenters. The van der Waals surface area contributed by atoms with Crippen LogP contribution in [0.3, 0.4) is 0 Å². The molecule has 35 heavy (non-hydrogen) atoms. The summed E-state index contributed by atoms with van der Waals surface area (Å²) in [7, 11) is 0. The Kier molecular flexibility index (Phi) is 6.72. The van der Waals surface area contributed by atoms with Gasteiger partial charge in [-0.3, -0.25) is 14.4 Å². The van der Waals surface area contributed by atoms with Crippen molar-refractivity contribution in [2.24, 2.45) is 15.9 Å². The fourth-order valence-electron chi connectivity index (χ4n) is 3.80. The van der Waals surface area contributed by atoms with Crippen LogP contribution in [0.15, 0.2) is 59.0 Å². The third-order valence-corrected chi connectivity index (χ3v) is 5.51. The molecule has 2 N–H and O–H groups in total. The number of aromatic nitrogens is 3. The minimum absolute atomic E-state index is 0.0469. The number of nitrogens with two attached hydrogens (primary N) is 1. The molecule has 0 aromatic carbocycles. The first-order valence-corrected chi connectivity index (χ1v) is 11.5. The average molecular weight is 478 g/mol. The molecule has 4 rings (SSSR count). The first-order chi connectivity index (χ1) is 16.6. The summed E-state index contributed by atoms with van der Waals surface area (Å²) in [6, 6.07) is 9.42. The zero-order valence-corrected chi connectivity index (χ0v) is 20.7. The monoisotopic (exact) mass is 477 g/mol. The Morgan fingerprint density at radius 2 is 1.97 bits per heavy atom. The van der Waals surface area contributed by atoms with Crippen molar-refractivity contribution in [1.82, 2.24) is 19.3 Å². The van der Waals surface area contributed by atoms with E-state index in [4.69, 9.17) is 20.3 Å². The average Bonchev–Trinajstić information content (AvgIpc) is 3.25. The van der Waals surface area contributed by atoms with Crippen LogP contribution in [0.1, 0.15) is 52.0 Å². The normalized spacial score (nSPS) is 16.2. The van der Waals surface area contributed by atoms with Gasteiger partial charge in [0.05, 0.1) is 17.4 Å². The third kappa shape index (κ3) is 5.59. The summed E-state index contributed by atoms with van der Waals surface area (Å²) in [5.74, 6) is 6.38. The van der Waals surface area contributed by atoms with E-state index in [0.717, 1.165) is 11.3 Å². The molecule has 1 aliphatic rings. The molecule has 10 nitrogen and oxygen atoms in total. The highest BCUT2D eigenvalue weighted by Crippen LogP contribution is 2.24. The van der Waals surface area contributed by atoms with Crippen LogP contribution in [0.2, 0.25) is 0 Å². The smallest absolute Gasteiger partial charge is 0.410 e. The SMILES string of the molecule is CC(=NC1CN(C(=O)OC(C)(C)C)C1)/C(=N\N)c1cc(OC(C)c2ccccn2)n2ccnc2c1. The topological polar surface area (TPSA) is 120 Å². The minimum atomic E-state index is -0.528. The van der Waals surface area contributed by atoms with Gasteiger partial charge >= 0.3 is 6.09 Å². The van der Waals surface area contributed by atoms with Gasteiger partial charge in [0, 0.05) is 43.3 Å². The Balaban J connectivity index is 1.52. The van der Waals surface area contributed by atoms with Gasteiger partial charge in [0.1, 0.15) is 23.1 Å². The van der Waals surface area contributed by atoms with Crippen LogP contribution in [0.4, 0.5) is 4.79 Å². The number of likely N-dealkylation sites (tertiary alicyclic amines) is 1. The molecule has 1 aliphatic heterocycles. The summed E-state index contributed by atoms with van der Waals surface area (Å²) >= 11 is 0. The largest absolute Gasteiger partial charge is 0.469 e. The number of carbonyl (C=O) groups is 1. The standard InChI is InChI=1S/C25H31N7O3/c1-16(29-19-14-31(15-19)24(33)35-25(3,4)5)23(30-26)18-12-21-28-10-11-32(21)22(13-18)34-17(2)20-8-6-7-9-27-20/h6-13,17,19H,14-15,26H2,1-5H3/b29-16?,30-23+. The van der Waals surface area contributed by atoms with E-state index in [-0.39, 0.29) is 18.2 Å². The van der Waals surface area contributed by atoms with Crippen molar-refractivity contribution in [3.63, 3.8) is 0 Å². The molecule has 184 valence electrons. The van der Waals surface area contributed by atoms with Crippen LogP contribution in [-0.2, 0) is 4.74 Å². The van der Waals surface area contributed by atoms with E-state index in [2.05, 4.69) is 15.1 Å². The van der Waals surface area contributed by atoms with Crippen LogP contribution >= 0.6 is 0 Å². The number of hydrogen-bond acceptors (Lipinski definition) is 8. The van der Waals surface area contributed by atoms with Gasteiger partial charge < -0.3 is 20.2 Å². The maximum Gasteiger partial charge on any atom is 0.410 e. The third-order valence-electron chi connectivity index (χ3n) is 5.51. The fourth-order valence-corrected chi connectivity index (χ4v) is 3.80. The molecule has 0 saturated carbocycles. The lowest BCUT2D eigenvalue weighted by molar-refractivity contribution is 0.00907. The number of imidazole rings is 1. The summed E-state index contributed by atoms with van der Waals surface area (Å²) in [6.07, 6.45) is 4.67. The van der Waals surface area contributed by atoms with E-state index in [1.807, 2.05) is 75.5 Å². The van der Waals surface area contributed by atoms with Crippen LogP contribution < -0.4 is 10.6 Å². The highest BCUT2D eigenvalue weighted by molar-refractivity contribution is 6.47. The Morgan fingerprint density at radius 1 is 1.20 bits per heavy atom. The van der Waals surface area contributed by atoms with E-state index < -0.39 is 5.60 Å². The van der Waals surface area contributed by atoms with Crippen molar-refractivity contribution in [3.05, 3.63) is 60.2 Å². The lowest BCUT2D eigenvalue weighted by Gasteiger charge is -2.38. The van der Waals surface area contributed by atoms with Gasteiger partial charge in [-0.1, -0.05) is 6.07 Å².